The van der Waals surface area contributed by atoms with E-state index in [0.29, 0.717) is 0 Å². The van der Waals surface area contributed by atoms with Crippen molar-refractivity contribution in [1.29, 1.82) is 0 Å². The lowest BCUT2D eigenvalue weighted by molar-refractivity contribution is -0.143. The number of aliphatic hydroxyl groups excluding tert-OH is 1. The van der Waals surface area contributed by atoms with Crippen molar-refractivity contribution < 1.29 is 19.8 Å². The second-order valence-electron chi connectivity index (χ2n) is 3.37. The van der Waals surface area contributed by atoms with Crippen molar-refractivity contribution >= 4 is 11.9 Å². The van der Waals surface area contributed by atoms with Gasteiger partial charge in [0.15, 0.2) is 0 Å². The van der Waals surface area contributed by atoms with Gasteiger partial charge in [-0.05, 0) is 0 Å². The Hall–Kier alpha value is -2.42. The first kappa shape index (κ1) is 13.6. The molecule has 4 N–H and O–H groups in total. The first-order chi connectivity index (χ1) is 8.43. The van der Waals surface area contributed by atoms with Crippen LogP contribution >= 0.6 is 0 Å². The van der Waals surface area contributed by atoms with E-state index in [1.807, 2.05) is 5.32 Å². The largest absolute Gasteiger partial charge is 0.480 e. The molecule has 0 aliphatic rings. The highest BCUT2D eigenvalue weighted by molar-refractivity contribution is 5.83. The average molecular weight is 257 g/mol. The Morgan fingerprint density at radius 1 is 1.39 bits per heavy atom. The van der Waals surface area contributed by atoms with Crippen LogP contribution in [0.5, 0.6) is 0 Å². The third kappa shape index (κ3) is 3.56. The fraction of sp³-hybridized carbons (Fsp3) is 0.333. The quantitative estimate of drug-likeness (QED) is 0.445. The van der Waals surface area contributed by atoms with Gasteiger partial charge in [0.25, 0.3) is 11.1 Å². The summed E-state index contributed by atoms with van der Waals surface area (Å²) in [5.41, 5.74) is -1.18. The van der Waals surface area contributed by atoms with Crippen LogP contribution in [0, 0.1) is 0 Å². The van der Waals surface area contributed by atoms with E-state index in [9.17, 15) is 19.2 Å². The number of nitrogens with one attached hydrogen (secondary N) is 2. The molecule has 1 aromatic heterocycles. The monoisotopic (exact) mass is 257 g/mol. The number of H-pyrrole nitrogens is 1. The van der Waals surface area contributed by atoms with Gasteiger partial charge in [-0.25, -0.2) is 9.48 Å². The second-order valence-corrected chi connectivity index (χ2v) is 3.37. The highest BCUT2D eigenvalue weighted by atomic mass is 16.4. The molecular weight excluding hydrogens is 246 g/mol. The predicted molar refractivity (Wildman–Crippen MR) is 58.0 cm³/mol. The van der Waals surface area contributed by atoms with E-state index < -0.39 is 42.2 Å². The predicted octanol–water partition coefficient (Wildman–Crippen LogP) is -2.90. The zero-order chi connectivity index (χ0) is 13.7. The van der Waals surface area contributed by atoms with Gasteiger partial charge < -0.3 is 15.5 Å². The van der Waals surface area contributed by atoms with Gasteiger partial charge in [0.2, 0.25) is 5.91 Å². The summed E-state index contributed by atoms with van der Waals surface area (Å²) in [5, 5.41) is 21.4. The molecule has 0 aliphatic carbocycles. The van der Waals surface area contributed by atoms with Crippen molar-refractivity contribution in [3.05, 3.63) is 32.8 Å². The number of amides is 1. The van der Waals surface area contributed by atoms with Gasteiger partial charge in [-0.2, -0.15) is 0 Å². The summed E-state index contributed by atoms with van der Waals surface area (Å²) >= 11 is 0. The van der Waals surface area contributed by atoms with E-state index in [4.69, 9.17) is 10.2 Å². The first-order valence-corrected chi connectivity index (χ1v) is 4.87. The van der Waals surface area contributed by atoms with Crippen LogP contribution < -0.4 is 16.4 Å². The first-order valence-electron chi connectivity index (χ1n) is 4.87. The van der Waals surface area contributed by atoms with Crippen LogP contribution in [0.3, 0.4) is 0 Å². The van der Waals surface area contributed by atoms with Gasteiger partial charge in [0, 0.05) is 12.1 Å². The number of carbonyl (C=O) groups is 2. The molecular formula is C9H11N3O6. The second kappa shape index (κ2) is 5.77. The molecule has 0 saturated carbocycles. The molecule has 9 nitrogen and oxygen atoms in total. The molecule has 0 spiro atoms. The molecule has 0 bridgehead atoms. The van der Waals surface area contributed by atoms with E-state index in [2.05, 4.69) is 5.10 Å². The Morgan fingerprint density at radius 2 is 2.06 bits per heavy atom. The lowest BCUT2D eigenvalue weighted by Gasteiger charge is -2.11. The summed E-state index contributed by atoms with van der Waals surface area (Å²) in [4.78, 5) is 44.1. The summed E-state index contributed by atoms with van der Waals surface area (Å²) in [6.07, 6.45) is 0. The number of aromatic nitrogens is 2. The fourth-order valence-corrected chi connectivity index (χ4v) is 1.15. The van der Waals surface area contributed by atoms with Gasteiger partial charge in [0.05, 0.1) is 6.61 Å². The number of aliphatic carboxylic acids is 1. The standard InChI is InChI=1S/C9H11N3O6/c13-4-5(9(17)18)10-7(15)3-12-8(16)2-1-6(14)11-12/h1-2,5,13H,3-4H2,(H,10,15)(H,11,14)(H,17,18). The summed E-state index contributed by atoms with van der Waals surface area (Å²) in [7, 11) is 0. The van der Waals surface area contributed by atoms with Gasteiger partial charge in [-0.15, -0.1) is 0 Å². The molecule has 1 rings (SSSR count). The molecule has 18 heavy (non-hydrogen) atoms. The molecule has 1 aromatic rings. The fourth-order valence-electron chi connectivity index (χ4n) is 1.15. The molecule has 1 atom stereocenters. The Bertz CT molecular complexity index is 560. The van der Waals surface area contributed by atoms with Gasteiger partial charge >= 0.3 is 5.97 Å². The molecule has 1 heterocycles. The molecule has 1 unspecified atom stereocenters. The normalized spacial score (nSPS) is 11.8. The lowest BCUT2D eigenvalue weighted by atomic mass is 10.3. The van der Waals surface area contributed by atoms with Crippen molar-refractivity contribution in [2.75, 3.05) is 6.61 Å². The number of rotatable bonds is 5. The number of hydrogen-bond acceptors (Lipinski definition) is 5. The Balaban J connectivity index is 2.76. The zero-order valence-electron chi connectivity index (χ0n) is 9.12. The van der Waals surface area contributed by atoms with Crippen LogP contribution in [0.1, 0.15) is 0 Å². The van der Waals surface area contributed by atoms with Crippen LogP contribution in [0.25, 0.3) is 0 Å². The third-order valence-electron chi connectivity index (χ3n) is 2.01. The van der Waals surface area contributed by atoms with E-state index in [-0.39, 0.29) is 0 Å². The number of carboxylic acids is 1. The summed E-state index contributed by atoms with van der Waals surface area (Å²) in [6, 6.07) is 0.529. The molecule has 98 valence electrons. The minimum Gasteiger partial charge on any atom is -0.480 e. The van der Waals surface area contributed by atoms with E-state index in [0.717, 1.165) is 16.8 Å². The van der Waals surface area contributed by atoms with Gasteiger partial charge in [-0.1, -0.05) is 0 Å². The number of carbonyl (C=O) groups excluding carboxylic acids is 1. The van der Waals surface area contributed by atoms with Gasteiger partial charge in [-0.3, -0.25) is 19.5 Å². The highest BCUT2D eigenvalue weighted by Crippen LogP contribution is 1.84. The maximum Gasteiger partial charge on any atom is 0.328 e. The summed E-state index contributed by atoms with van der Waals surface area (Å²) < 4.78 is 0.730. The van der Waals surface area contributed by atoms with Crippen molar-refractivity contribution in [1.82, 2.24) is 15.1 Å². The van der Waals surface area contributed by atoms with Crippen LogP contribution in [-0.4, -0.2) is 44.5 Å². The van der Waals surface area contributed by atoms with Crippen molar-refractivity contribution in [2.45, 2.75) is 12.6 Å². The molecule has 0 aromatic carbocycles. The number of aliphatic hydroxyl groups is 1. The maximum atomic E-state index is 11.4. The summed E-state index contributed by atoms with van der Waals surface area (Å²) in [6.45, 7) is -1.32. The molecule has 9 heteroatoms. The molecule has 0 fully saturated rings. The van der Waals surface area contributed by atoms with E-state index in [1.165, 1.54) is 0 Å². The SMILES string of the molecule is O=C(Cn1[nH]c(=O)ccc1=O)NC(CO)C(=O)O. The van der Waals surface area contributed by atoms with Crippen molar-refractivity contribution in [2.24, 2.45) is 0 Å². The minimum absolute atomic E-state index is 0.543. The summed E-state index contributed by atoms with van der Waals surface area (Å²) in [5.74, 6) is -2.22. The van der Waals surface area contributed by atoms with Crippen LogP contribution in [0.15, 0.2) is 21.7 Å². The Kier molecular flexibility index (Phi) is 4.38. The molecule has 0 aliphatic heterocycles. The number of hydrogen-bond donors (Lipinski definition) is 4. The maximum absolute atomic E-state index is 11.4. The molecule has 1 amide bonds. The van der Waals surface area contributed by atoms with Gasteiger partial charge in [0.1, 0.15) is 12.6 Å². The number of nitrogens with zero attached hydrogens (tertiary/aromatic N) is 1. The number of aromatic amines is 1. The molecule has 0 radical (unpaired) electrons. The Morgan fingerprint density at radius 3 is 2.61 bits per heavy atom. The van der Waals surface area contributed by atoms with Crippen molar-refractivity contribution in [3.63, 3.8) is 0 Å². The van der Waals surface area contributed by atoms with Crippen molar-refractivity contribution in [3.8, 4) is 0 Å². The lowest BCUT2D eigenvalue weighted by Crippen LogP contribution is -2.46. The van der Waals surface area contributed by atoms with Crippen LogP contribution in [0.2, 0.25) is 0 Å². The minimum atomic E-state index is -1.45. The zero-order valence-corrected chi connectivity index (χ0v) is 9.12. The Labute approximate surface area is 99.7 Å². The topological polar surface area (TPSA) is 141 Å². The third-order valence-corrected chi connectivity index (χ3v) is 2.01. The molecule has 0 saturated heterocycles. The van der Waals surface area contributed by atoms with E-state index >= 15 is 0 Å². The van der Waals surface area contributed by atoms with Crippen LogP contribution in [0.4, 0.5) is 0 Å². The number of carboxylic acid groups (broad SMARTS) is 1. The average Bonchev–Trinajstić information content (AvgIpc) is 2.30. The smallest absolute Gasteiger partial charge is 0.328 e. The van der Waals surface area contributed by atoms with E-state index in [1.54, 1.807) is 0 Å². The highest BCUT2D eigenvalue weighted by Gasteiger charge is 2.18. The van der Waals surface area contributed by atoms with Crippen LogP contribution in [-0.2, 0) is 16.1 Å².